The first-order valence-electron chi connectivity index (χ1n) is 11.9. The van der Waals surface area contributed by atoms with Gasteiger partial charge in [-0.1, -0.05) is 34.3 Å². The van der Waals surface area contributed by atoms with Gasteiger partial charge in [0.1, 0.15) is 5.78 Å². The summed E-state index contributed by atoms with van der Waals surface area (Å²) >= 11 is 0. The Labute approximate surface area is 196 Å². The zero-order valence-electron chi connectivity index (χ0n) is 20.6. The first kappa shape index (κ1) is 29.2. The van der Waals surface area contributed by atoms with Gasteiger partial charge in [-0.25, -0.2) is 0 Å². The van der Waals surface area contributed by atoms with Crippen LogP contribution in [0.1, 0.15) is 94.4 Å². The van der Waals surface area contributed by atoms with Gasteiger partial charge in [-0.3, -0.25) is 4.79 Å². The summed E-state index contributed by atoms with van der Waals surface area (Å²) < 4.78 is 24.0. The van der Waals surface area contributed by atoms with E-state index in [0.717, 1.165) is 31.3 Å². The van der Waals surface area contributed by atoms with Crippen LogP contribution in [0.4, 0.5) is 0 Å². The second-order valence-corrected chi connectivity index (χ2v) is 10.2. The molecule has 6 heteroatoms. The molecular formula is C26H48O6. The van der Waals surface area contributed by atoms with Crippen molar-refractivity contribution in [2.24, 2.45) is 11.3 Å². The molecule has 0 amide bonds. The summed E-state index contributed by atoms with van der Waals surface area (Å²) in [5.41, 5.74) is 0.342. The van der Waals surface area contributed by atoms with Crippen molar-refractivity contribution in [3.8, 4) is 0 Å². The fourth-order valence-electron chi connectivity index (χ4n) is 4.51. The highest BCUT2D eigenvalue weighted by atomic mass is 16.7. The Balaban J connectivity index is 0.00000512. The number of carbonyl (C=O) groups excluding carboxylic acids is 1. The smallest absolute Gasteiger partial charge is 0.163 e. The normalized spacial score (nSPS) is 27.2. The van der Waals surface area contributed by atoms with Crippen LogP contribution in [0.25, 0.3) is 0 Å². The van der Waals surface area contributed by atoms with Gasteiger partial charge >= 0.3 is 0 Å². The van der Waals surface area contributed by atoms with Gasteiger partial charge < -0.3 is 24.1 Å². The molecular weight excluding hydrogens is 408 g/mol. The summed E-state index contributed by atoms with van der Waals surface area (Å²) in [7, 11) is 0. The van der Waals surface area contributed by atoms with Crippen molar-refractivity contribution in [2.75, 3.05) is 13.2 Å². The molecule has 2 aliphatic rings. The van der Waals surface area contributed by atoms with Crippen molar-refractivity contribution in [3.05, 3.63) is 11.6 Å². The summed E-state index contributed by atoms with van der Waals surface area (Å²) in [6.07, 6.45) is 5.97. The van der Waals surface area contributed by atoms with Gasteiger partial charge in [0.25, 0.3) is 0 Å². The second kappa shape index (κ2) is 12.6. The van der Waals surface area contributed by atoms with Crippen molar-refractivity contribution in [1.29, 1.82) is 0 Å². The third-order valence-electron chi connectivity index (χ3n) is 6.50. The topological polar surface area (TPSA) is 74.2 Å². The highest BCUT2D eigenvalue weighted by Gasteiger charge is 2.46. The zero-order valence-corrected chi connectivity index (χ0v) is 20.6. The third-order valence-corrected chi connectivity index (χ3v) is 6.50. The van der Waals surface area contributed by atoms with Crippen LogP contribution < -0.4 is 0 Å². The van der Waals surface area contributed by atoms with E-state index >= 15 is 0 Å². The number of ether oxygens (including phenoxy) is 4. The number of Topliss-reactive ketones (excluding diaryl/α,β-unsaturated/α-hetero) is 1. The van der Waals surface area contributed by atoms with E-state index in [1.165, 1.54) is 0 Å². The molecule has 0 bridgehead atoms. The molecule has 3 unspecified atom stereocenters. The van der Waals surface area contributed by atoms with Gasteiger partial charge in [0, 0.05) is 12.5 Å². The first-order chi connectivity index (χ1) is 14.4. The maximum Gasteiger partial charge on any atom is 0.163 e. The Morgan fingerprint density at radius 1 is 1.22 bits per heavy atom. The van der Waals surface area contributed by atoms with Crippen molar-refractivity contribution in [3.63, 3.8) is 0 Å². The number of ketones is 1. The molecule has 0 radical (unpaired) electrons. The van der Waals surface area contributed by atoms with Crippen molar-refractivity contribution in [2.45, 2.75) is 125 Å². The standard InChI is InChI=1S/C25H44O6.CH4/c1-17(11-10-12-18(2)26)22(30-21-13-8-9-15-28-21)19(3)23(27)24(4,5)20-14-16-29-25(6,7)31-20;/h11,18-22,26H,8-10,12-16H2,1-7H3;1H4/b17-11+;/t18?,19-,20+,21?,22?;/m1./s1. The molecule has 32 heavy (non-hydrogen) atoms. The highest BCUT2D eigenvalue weighted by Crippen LogP contribution is 2.38. The lowest BCUT2D eigenvalue weighted by molar-refractivity contribution is -0.289. The number of rotatable bonds is 10. The SMILES string of the molecule is C.C/C(=C\CCC(C)O)C(OC1CCCCO1)[C@@H](C)C(=O)C(C)(C)[C@@H]1CCOC(C)(C)O1. The second-order valence-electron chi connectivity index (χ2n) is 10.2. The summed E-state index contributed by atoms with van der Waals surface area (Å²) in [6.45, 7) is 14.8. The molecule has 2 heterocycles. The van der Waals surface area contributed by atoms with Gasteiger partial charge in [-0.15, -0.1) is 0 Å². The van der Waals surface area contributed by atoms with E-state index in [9.17, 15) is 9.90 Å². The fourth-order valence-corrected chi connectivity index (χ4v) is 4.51. The zero-order chi connectivity index (χ0) is 23.2. The van der Waals surface area contributed by atoms with Gasteiger partial charge in [0.15, 0.2) is 12.1 Å². The molecule has 0 aromatic heterocycles. The average molecular weight is 457 g/mol. The van der Waals surface area contributed by atoms with Crippen LogP contribution in [0.5, 0.6) is 0 Å². The van der Waals surface area contributed by atoms with Crippen molar-refractivity contribution >= 4 is 5.78 Å². The maximum atomic E-state index is 13.7. The van der Waals surface area contributed by atoms with Gasteiger partial charge in [-0.05, 0) is 71.8 Å². The predicted molar refractivity (Wildman–Crippen MR) is 127 cm³/mol. The molecule has 0 aliphatic carbocycles. The van der Waals surface area contributed by atoms with Crippen LogP contribution in [0.2, 0.25) is 0 Å². The lowest BCUT2D eigenvalue weighted by atomic mass is 9.73. The minimum absolute atomic E-state index is 0. The van der Waals surface area contributed by atoms with E-state index in [-0.39, 0.29) is 43.7 Å². The number of aliphatic hydroxyl groups is 1. The van der Waals surface area contributed by atoms with Crippen LogP contribution in [-0.4, -0.2) is 54.5 Å². The van der Waals surface area contributed by atoms with Crippen LogP contribution >= 0.6 is 0 Å². The molecule has 2 rings (SSSR count). The molecule has 1 N–H and O–H groups in total. The molecule has 0 spiro atoms. The Morgan fingerprint density at radius 3 is 2.47 bits per heavy atom. The molecule has 2 saturated heterocycles. The summed E-state index contributed by atoms with van der Waals surface area (Å²) in [5.74, 6) is -0.913. The van der Waals surface area contributed by atoms with Crippen LogP contribution in [0.15, 0.2) is 11.6 Å². The van der Waals surface area contributed by atoms with E-state index < -0.39 is 11.2 Å². The number of carbonyl (C=O) groups is 1. The van der Waals surface area contributed by atoms with E-state index in [0.29, 0.717) is 26.1 Å². The van der Waals surface area contributed by atoms with Crippen LogP contribution in [-0.2, 0) is 23.7 Å². The van der Waals surface area contributed by atoms with Gasteiger partial charge in [0.05, 0.1) is 30.3 Å². The van der Waals surface area contributed by atoms with E-state index in [1.807, 2.05) is 41.5 Å². The average Bonchev–Trinajstić information content (AvgIpc) is 2.70. The molecule has 2 fully saturated rings. The Hall–Kier alpha value is -0.790. The lowest BCUT2D eigenvalue weighted by Gasteiger charge is -2.44. The van der Waals surface area contributed by atoms with Gasteiger partial charge in [-0.2, -0.15) is 0 Å². The summed E-state index contributed by atoms with van der Waals surface area (Å²) in [4.78, 5) is 13.7. The molecule has 0 saturated carbocycles. The Bertz CT molecular complexity index is 603. The number of hydrogen-bond donors (Lipinski definition) is 1. The van der Waals surface area contributed by atoms with Crippen molar-refractivity contribution < 1.29 is 28.8 Å². The monoisotopic (exact) mass is 456 g/mol. The molecule has 0 aromatic carbocycles. The first-order valence-corrected chi connectivity index (χ1v) is 11.9. The Morgan fingerprint density at radius 2 is 1.91 bits per heavy atom. The third kappa shape index (κ3) is 8.21. The highest BCUT2D eigenvalue weighted by molar-refractivity contribution is 5.87. The molecule has 6 nitrogen and oxygen atoms in total. The predicted octanol–water partition coefficient (Wildman–Crippen LogP) is 5.41. The van der Waals surface area contributed by atoms with E-state index in [1.54, 1.807) is 6.92 Å². The number of allylic oxidation sites excluding steroid dienone is 1. The number of hydrogen-bond acceptors (Lipinski definition) is 6. The minimum Gasteiger partial charge on any atom is -0.393 e. The summed E-state index contributed by atoms with van der Waals surface area (Å²) in [6, 6.07) is 0. The largest absolute Gasteiger partial charge is 0.393 e. The molecule has 2 aliphatic heterocycles. The lowest BCUT2D eigenvalue weighted by Crippen LogP contribution is -2.51. The van der Waals surface area contributed by atoms with Crippen LogP contribution in [0, 0.1) is 11.3 Å². The van der Waals surface area contributed by atoms with Gasteiger partial charge in [0.2, 0.25) is 0 Å². The molecule has 5 atom stereocenters. The molecule has 0 aromatic rings. The molecule has 188 valence electrons. The Kier molecular flexibility index (Phi) is 11.5. The van der Waals surface area contributed by atoms with E-state index in [4.69, 9.17) is 18.9 Å². The quantitative estimate of drug-likeness (QED) is 0.443. The number of aliphatic hydroxyl groups excluding tert-OH is 1. The van der Waals surface area contributed by atoms with E-state index in [2.05, 4.69) is 6.08 Å². The van der Waals surface area contributed by atoms with Crippen molar-refractivity contribution in [1.82, 2.24) is 0 Å². The summed E-state index contributed by atoms with van der Waals surface area (Å²) in [5, 5.41) is 9.60. The van der Waals surface area contributed by atoms with Crippen LogP contribution in [0.3, 0.4) is 0 Å². The minimum atomic E-state index is -0.688. The fraction of sp³-hybridized carbons (Fsp3) is 0.885. The maximum absolute atomic E-state index is 13.7.